The summed E-state index contributed by atoms with van der Waals surface area (Å²) in [5, 5.41) is 20.9. The van der Waals surface area contributed by atoms with E-state index in [0.717, 1.165) is 26.1 Å². The third-order valence-electron chi connectivity index (χ3n) is 13.9. The SMILES string of the molecule is CC(C)[C@H](NC(=O)[C@H](C)NC(=O)[C@H](Cc1cc2ccccc2s1)NC(=O)[C@H](Cc1cnc[nH]1)NC(=O)CCc1ccccc1)C(=O)N[C@H](C)C(=O)N[C@@H](Cc1cnc[nH]1)C(=O)N1CCC[C@@H]1CN[C@@H](Cc1ccccc1)C(N)=O. The number of imidazole rings is 2. The number of amides is 8. The molecule has 8 atom stereocenters. The van der Waals surface area contributed by atoms with Crippen molar-refractivity contribution in [1.29, 1.82) is 0 Å². The molecular formula is C57H71N13O8S. The second-order valence-corrected chi connectivity index (χ2v) is 21.5. The number of fused-ring (bicyclic) bond motifs is 1. The predicted octanol–water partition coefficient (Wildman–Crippen LogP) is 2.29. The Morgan fingerprint density at radius 2 is 1.20 bits per heavy atom. The van der Waals surface area contributed by atoms with Gasteiger partial charge in [0.1, 0.15) is 36.3 Å². The highest BCUT2D eigenvalue weighted by Gasteiger charge is 2.37. The highest BCUT2D eigenvalue weighted by atomic mass is 32.1. The van der Waals surface area contributed by atoms with E-state index in [2.05, 4.69) is 57.2 Å². The molecule has 0 saturated carbocycles. The van der Waals surface area contributed by atoms with Crippen LogP contribution in [0.25, 0.3) is 10.1 Å². The number of carbonyl (C=O) groups excluding carboxylic acids is 8. The number of thiophene rings is 1. The van der Waals surface area contributed by atoms with Crippen LogP contribution in [0, 0.1) is 5.92 Å². The van der Waals surface area contributed by atoms with Gasteiger partial charge in [-0.1, -0.05) is 92.7 Å². The Bertz CT molecular complexity index is 2960. The number of hydrogen-bond donors (Lipinski definition) is 10. The fraction of sp³-hybridized carbons (Fsp3) is 0.404. The Balaban J connectivity index is 0.979. The number of nitrogens with two attached hydrogens (primary N) is 1. The van der Waals surface area contributed by atoms with Crippen LogP contribution in [0.15, 0.2) is 116 Å². The minimum Gasteiger partial charge on any atom is -0.368 e. The molecule has 7 rings (SSSR count). The smallest absolute Gasteiger partial charge is 0.245 e. The van der Waals surface area contributed by atoms with E-state index in [0.29, 0.717) is 50.2 Å². The number of likely N-dealkylation sites (tertiary alicyclic amines) is 1. The molecule has 0 radical (unpaired) electrons. The van der Waals surface area contributed by atoms with E-state index >= 15 is 0 Å². The Hall–Kier alpha value is -8.24. The molecule has 21 nitrogen and oxygen atoms in total. The summed E-state index contributed by atoms with van der Waals surface area (Å²) in [6, 6.07) is 20.7. The summed E-state index contributed by atoms with van der Waals surface area (Å²) in [6.07, 6.45) is 8.50. The van der Waals surface area contributed by atoms with Gasteiger partial charge in [0.25, 0.3) is 0 Å². The summed E-state index contributed by atoms with van der Waals surface area (Å²) in [6.45, 7) is 7.05. The molecule has 79 heavy (non-hydrogen) atoms. The van der Waals surface area contributed by atoms with Gasteiger partial charge in [-0.2, -0.15) is 0 Å². The van der Waals surface area contributed by atoms with Crippen LogP contribution in [0.5, 0.6) is 0 Å². The van der Waals surface area contributed by atoms with Crippen molar-refractivity contribution in [1.82, 2.24) is 62.1 Å². The molecule has 1 saturated heterocycles. The summed E-state index contributed by atoms with van der Waals surface area (Å²) in [5.74, 6) is -5.09. The molecule has 22 heteroatoms. The van der Waals surface area contributed by atoms with Crippen LogP contribution in [0.2, 0.25) is 0 Å². The zero-order chi connectivity index (χ0) is 56.4. The first-order valence-corrected chi connectivity index (χ1v) is 27.5. The number of aromatic amines is 2. The molecular weight excluding hydrogens is 1030 g/mol. The lowest BCUT2D eigenvalue weighted by Gasteiger charge is -2.31. The van der Waals surface area contributed by atoms with E-state index in [1.54, 1.807) is 31.1 Å². The maximum Gasteiger partial charge on any atom is 0.245 e. The van der Waals surface area contributed by atoms with Crippen molar-refractivity contribution >= 4 is 68.7 Å². The zero-order valence-electron chi connectivity index (χ0n) is 44.8. The van der Waals surface area contributed by atoms with Gasteiger partial charge in [-0.05, 0) is 74.1 Å². The highest BCUT2D eigenvalue weighted by Crippen LogP contribution is 2.27. The normalized spacial score (nSPS) is 15.9. The summed E-state index contributed by atoms with van der Waals surface area (Å²) in [4.78, 5) is 127. The van der Waals surface area contributed by atoms with E-state index in [1.165, 1.54) is 37.8 Å². The van der Waals surface area contributed by atoms with Crippen molar-refractivity contribution in [2.24, 2.45) is 11.7 Å². The standard InChI is InChI=1S/C57H71N13O8S/c1-34(2)50(56(77)65-35(3)52(73)68-47(27-41-30-60-33-63-41)57(78)70-23-13-19-42(70)31-61-44(51(58)72)24-38-16-9-6-10-17-38)69-53(74)36(4)64-54(75)46(28-43-25-39-18-11-12-20-48(39)79-43)67-55(76)45(26-40-29-59-32-62-40)66-49(71)22-21-37-14-7-5-8-15-37/h5-12,14-18,20,25,29-30,32-36,42,44-47,50,61H,13,19,21-24,26-28,31H2,1-4H3,(H2,58,72)(H,59,62)(H,60,63)(H,64,75)(H,65,77)(H,66,71)(H,67,76)(H,68,73)(H,69,74)/t35-,36+,42-,44+,45+,46+,47+,50+/m1/s1. The van der Waals surface area contributed by atoms with E-state index in [1.807, 2.05) is 91.0 Å². The van der Waals surface area contributed by atoms with Crippen LogP contribution in [-0.2, 0) is 70.5 Å². The summed E-state index contributed by atoms with van der Waals surface area (Å²) >= 11 is 1.45. The summed E-state index contributed by atoms with van der Waals surface area (Å²) in [7, 11) is 0. The molecule has 0 spiro atoms. The Kier molecular flexibility index (Phi) is 21.0. The number of aryl methyl sites for hydroxylation is 1. The maximum atomic E-state index is 14.4. The minimum absolute atomic E-state index is 0.0516. The van der Waals surface area contributed by atoms with Crippen molar-refractivity contribution < 1.29 is 38.4 Å². The van der Waals surface area contributed by atoms with Crippen LogP contribution in [0.1, 0.15) is 74.3 Å². The van der Waals surface area contributed by atoms with Gasteiger partial charge in [0.15, 0.2) is 0 Å². The molecule has 3 aromatic carbocycles. The number of rotatable bonds is 28. The van der Waals surface area contributed by atoms with Gasteiger partial charge >= 0.3 is 0 Å². The van der Waals surface area contributed by atoms with Gasteiger partial charge in [-0.25, -0.2) is 9.97 Å². The quantitative estimate of drug-likeness (QED) is 0.0340. The van der Waals surface area contributed by atoms with Gasteiger partial charge < -0.3 is 57.8 Å². The Morgan fingerprint density at radius 1 is 0.633 bits per heavy atom. The van der Waals surface area contributed by atoms with Gasteiger partial charge in [-0.3, -0.25) is 38.4 Å². The Morgan fingerprint density at radius 3 is 1.82 bits per heavy atom. The molecule has 8 amide bonds. The number of carbonyl (C=O) groups is 8. The van der Waals surface area contributed by atoms with Crippen molar-refractivity contribution in [3.63, 3.8) is 0 Å². The number of hydrogen-bond acceptors (Lipinski definition) is 12. The number of benzene rings is 3. The molecule has 0 aliphatic carbocycles. The van der Waals surface area contributed by atoms with Gasteiger partial charge in [0.2, 0.25) is 47.3 Å². The predicted molar refractivity (Wildman–Crippen MR) is 299 cm³/mol. The third-order valence-corrected chi connectivity index (χ3v) is 15.0. The van der Waals surface area contributed by atoms with E-state index in [4.69, 9.17) is 5.73 Å². The van der Waals surface area contributed by atoms with Crippen molar-refractivity contribution in [3.8, 4) is 0 Å². The minimum atomic E-state index is -1.22. The van der Waals surface area contributed by atoms with Crippen molar-refractivity contribution in [3.05, 3.63) is 143 Å². The molecule has 6 aromatic rings. The van der Waals surface area contributed by atoms with E-state index in [-0.39, 0.29) is 43.5 Å². The highest BCUT2D eigenvalue weighted by molar-refractivity contribution is 7.19. The van der Waals surface area contributed by atoms with Crippen LogP contribution < -0.4 is 43.0 Å². The number of aromatic nitrogens is 4. The first-order chi connectivity index (χ1) is 38.0. The molecule has 1 aliphatic heterocycles. The topological polar surface area (TPSA) is 307 Å². The fourth-order valence-corrected chi connectivity index (χ4v) is 10.5. The molecule has 4 heterocycles. The van der Waals surface area contributed by atoms with Crippen LogP contribution >= 0.6 is 11.3 Å². The molecule has 1 fully saturated rings. The lowest BCUT2D eigenvalue weighted by molar-refractivity contribution is -0.138. The molecule has 3 aromatic heterocycles. The summed E-state index contributed by atoms with van der Waals surface area (Å²) < 4.78 is 0.974. The second kappa shape index (κ2) is 28.4. The molecule has 418 valence electrons. The van der Waals surface area contributed by atoms with Gasteiger partial charge in [0.05, 0.1) is 18.7 Å². The van der Waals surface area contributed by atoms with Crippen LogP contribution in [0.3, 0.4) is 0 Å². The number of nitrogens with one attached hydrogen (secondary N) is 9. The number of primary amides is 1. The van der Waals surface area contributed by atoms with Crippen LogP contribution in [0.4, 0.5) is 0 Å². The maximum absolute atomic E-state index is 14.4. The van der Waals surface area contributed by atoms with Crippen molar-refractivity contribution in [2.45, 2.75) is 127 Å². The number of H-pyrrole nitrogens is 2. The molecule has 0 unspecified atom stereocenters. The lowest BCUT2D eigenvalue weighted by atomic mass is 10.0. The van der Waals surface area contributed by atoms with Gasteiger partial charge in [0, 0.05) is 78.2 Å². The van der Waals surface area contributed by atoms with Gasteiger partial charge in [-0.15, -0.1) is 11.3 Å². The van der Waals surface area contributed by atoms with E-state index < -0.39 is 83.7 Å². The first kappa shape index (κ1) is 58.4. The molecule has 1 aliphatic rings. The average molecular weight is 1100 g/mol. The molecule has 11 N–H and O–H groups in total. The lowest BCUT2D eigenvalue weighted by Crippen LogP contribution is -2.60. The van der Waals surface area contributed by atoms with E-state index in [9.17, 15) is 38.4 Å². The van der Waals surface area contributed by atoms with Crippen LogP contribution in [-0.4, -0.2) is 134 Å². The largest absolute Gasteiger partial charge is 0.368 e. The third kappa shape index (κ3) is 17.1. The van der Waals surface area contributed by atoms with Crippen molar-refractivity contribution in [2.75, 3.05) is 13.1 Å². The monoisotopic (exact) mass is 1100 g/mol. The average Bonchev–Trinajstić information content (AvgIpc) is 4.34. The molecule has 0 bridgehead atoms. The second-order valence-electron chi connectivity index (χ2n) is 20.3. The zero-order valence-corrected chi connectivity index (χ0v) is 45.6. The first-order valence-electron chi connectivity index (χ1n) is 26.7. The fourth-order valence-electron chi connectivity index (χ4n) is 9.43. The summed E-state index contributed by atoms with van der Waals surface area (Å²) in [5.41, 5.74) is 8.83. The Labute approximate surface area is 462 Å². The number of nitrogens with zero attached hydrogens (tertiary/aromatic N) is 3.